The van der Waals surface area contributed by atoms with E-state index < -0.39 is 6.04 Å². The van der Waals surface area contributed by atoms with Gasteiger partial charge in [-0.25, -0.2) is 0 Å². The molecule has 32 heavy (non-hydrogen) atoms. The van der Waals surface area contributed by atoms with Crippen molar-refractivity contribution in [3.63, 3.8) is 0 Å². The summed E-state index contributed by atoms with van der Waals surface area (Å²) >= 11 is 5.34. The molecule has 2 amide bonds. The lowest BCUT2D eigenvalue weighted by Crippen LogP contribution is -2.49. The summed E-state index contributed by atoms with van der Waals surface area (Å²) in [5.74, 6) is 0.771. The van der Waals surface area contributed by atoms with Gasteiger partial charge in [0.05, 0.1) is 7.11 Å². The lowest BCUT2D eigenvalue weighted by molar-refractivity contribution is -0.129. The molecule has 0 radical (unpaired) electrons. The highest BCUT2D eigenvalue weighted by atomic mass is 32.1. The molecular weight excluding hydrogens is 426 g/mol. The van der Waals surface area contributed by atoms with Crippen molar-refractivity contribution in [3.05, 3.63) is 64.9 Å². The Kier molecular flexibility index (Phi) is 6.65. The van der Waals surface area contributed by atoms with Crippen LogP contribution >= 0.6 is 12.2 Å². The molecule has 1 unspecified atom stereocenters. The maximum absolute atomic E-state index is 12.9. The van der Waals surface area contributed by atoms with Crippen molar-refractivity contribution < 1.29 is 14.3 Å². The second-order valence-electron chi connectivity index (χ2n) is 7.76. The van der Waals surface area contributed by atoms with E-state index in [1.807, 2.05) is 54.6 Å². The molecule has 1 atom stereocenters. The second kappa shape index (κ2) is 9.78. The third kappa shape index (κ3) is 5.42. The van der Waals surface area contributed by atoms with Crippen LogP contribution in [0.1, 0.15) is 18.4 Å². The van der Waals surface area contributed by atoms with Crippen LogP contribution in [0.5, 0.6) is 5.75 Å². The van der Waals surface area contributed by atoms with Gasteiger partial charge in [-0.2, -0.15) is 5.10 Å². The van der Waals surface area contributed by atoms with E-state index in [2.05, 4.69) is 20.8 Å². The van der Waals surface area contributed by atoms with Crippen LogP contribution in [0.4, 0.5) is 0 Å². The molecule has 3 N–H and O–H groups in total. The molecular formula is C23H25N5O3S. The van der Waals surface area contributed by atoms with E-state index in [-0.39, 0.29) is 24.4 Å². The topological polar surface area (TPSA) is 101 Å². The van der Waals surface area contributed by atoms with Gasteiger partial charge in [0.2, 0.25) is 11.8 Å². The fraction of sp³-hybridized carbons (Fsp3) is 0.304. The molecule has 9 heteroatoms. The first-order chi connectivity index (χ1) is 15.5. The highest BCUT2D eigenvalue weighted by Gasteiger charge is 2.28. The Hall–Kier alpha value is -3.46. The molecule has 1 fully saturated rings. The van der Waals surface area contributed by atoms with Gasteiger partial charge in [-0.3, -0.25) is 19.3 Å². The van der Waals surface area contributed by atoms with Crippen molar-refractivity contribution in [1.29, 1.82) is 0 Å². The number of hydrogen-bond acceptors (Lipinski definition) is 5. The number of aromatic nitrogens is 3. The number of rotatable bonds is 9. The largest absolute Gasteiger partial charge is 0.497 e. The van der Waals surface area contributed by atoms with E-state index in [0.29, 0.717) is 17.0 Å². The van der Waals surface area contributed by atoms with E-state index in [1.165, 1.54) is 0 Å². The van der Waals surface area contributed by atoms with Gasteiger partial charge in [0.25, 0.3) is 0 Å². The van der Waals surface area contributed by atoms with Crippen molar-refractivity contribution in [3.8, 4) is 17.1 Å². The van der Waals surface area contributed by atoms with Gasteiger partial charge in [-0.1, -0.05) is 30.3 Å². The van der Waals surface area contributed by atoms with Crippen molar-refractivity contribution in [2.24, 2.45) is 0 Å². The Labute approximate surface area is 191 Å². The lowest BCUT2D eigenvalue weighted by Gasteiger charge is -2.19. The summed E-state index contributed by atoms with van der Waals surface area (Å²) in [6, 6.07) is 16.5. The number of H-pyrrole nitrogens is 1. The van der Waals surface area contributed by atoms with Gasteiger partial charge in [-0.05, 0) is 54.9 Å². The van der Waals surface area contributed by atoms with Crippen LogP contribution in [0, 0.1) is 4.77 Å². The molecule has 0 spiro atoms. The van der Waals surface area contributed by atoms with Gasteiger partial charge in [-0.15, -0.1) is 0 Å². The predicted molar refractivity (Wildman–Crippen MR) is 123 cm³/mol. The summed E-state index contributed by atoms with van der Waals surface area (Å²) in [7, 11) is 1.60. The number of carbonyl (C=O) groups is 2. The smallest absolute Gasteiger partial charge is 0.243 e. The highest BCUT2D eigenvalue weighted by Crippen LogP contribution is 2.21. The predicted octanol–water partition coefficient (Wildman–Crippen LogP) is 2.62. The molecule has 0 aliphatic heterocycles. The minimum atomic E-state index is -0.670. The highest BCUT2D eigenvalue weighted by molar-refractivity contribution is 7.71. The summed E-state index contributed by atoms with van der Waals surface area (Å²) in [5.41, 5.74) is 1.76. The van der Waals surface area contributed by atoms with E-state index >= 15 is 0 Å². The van der Waals surface area contributed by atoms with E-state index in [1.54, 1.807) is 11.7 Å². The molecule has 1 aliphatic rings. The molecule has 166 valence electrons. The zero-order chi connectivity index (χ0) is 22.5. The minimum Gasteiger partial charge on any atom is -0.497 e. The van der Waals surface area contributed by atoms with Crippen molar-refractivity contribution in [2.75, 3.05) is 7.11 Å². The number of amides is 2. The standard InChI is InChI=1S/C23H25N5O3S/c1-31-18-11-7-16(8-12-18)21-26-27-23(32)28(21)14-20(29)25-19(22(30)24-17-9-10-17)13-15-5-3-2-4-6-15/h2-8,11-12,17,19H,9-10,13-14H2,1H3,(H,24,30)(H,25,29)(H,27,32). The summed E-state index contributed by atoms with van der Waals surface area (Å²) < 4.78 is 7.14. The average Bonchev–Trinajstić information content (AvgIpc) is 3.55. The summed E-state index contributed by atoms with van der Waals surface area (Å²) in [6.45, 7) is -0.0569. The number of aromatic amines is 1. The number of ether oxygens (including phenoxy) is 1. The summed E-state index contributed by atoms with van der Waals surface area (Å²) in [4.78, 5) is 25.7. The quantitative estimate of drug-likeness (QED) is 0.434. The lowest BCUT2D eigenvalue weighted by atomic mass is 10.1. The maximum Gasteiger partial charge on any atom is 0.243 e. The van der Waals surface area contributed by atoms with Crippen molar-refractivity contribution in [2.45, 2.75) is 37.9 Å². The van der Waals surface area contributed by atoms with Crippen LogP contribution in [-0.2, 0) is 22.6 Å². The number of hydrogen-bond donors (Lipinski definition) is 3. The van der Waals surface area contributed by atoms with Crippen LogP contribution in [0.15, 0.2) is 54.6 Å². The second-order valence-corrected chi connectivity index (χ2v) is 8.15. The van der Waals surface area contributed by atoms with E-state index in [4.69, 9.17) is 17.0 Å². The Morgan fingerprint density at radius 2 is 1.91 bits per heavy atom. The molecule has 1 aliphatic carbocycles. The van der Waals surface area contributed by atoms with Crippen LogP contribution in [-0.4, -0.2) is 45.8 Å². The Bertz CT molecular complexity index is 1140. The zero-order valence-corrected chi connectivity index (χ0v) is 18.5. The molecule has 1 saturated carbocycles. The fourth-order valence-electron chi connectivity index (χ4n) is 3.40. The Morgan fingerprint density at radius 1 is 1.19 bits per heavy atom. The monoisotopic (exact) mass is 451 g/mol. The minimum absolute atomic E-state index is 0.0569. The normalized spacial score (nSPS) is 13.9. The first-order valence-electron chi connectivity index (χ1n) is 10.5. The SMILES string of the molecule is COc1ccc(-c2n[nH]c(=S)n2CC(=O)NC(Cc2ccccc2)C(=O)NC2CC2)cc1. The van der Waals surface area contributed by atoms with Crippen LogP contribution in [0.25, 0.3) is 11.4 Å². The zero-order valence-electron chi connectivity index (χ0n) is 17.7. The number of nitrogens with zero attached hydrogens (tertiary/aromatic N) is 2. The molecule has 4 rings (SSSR count). The van der Waals surface area contributed by atoms with Gasteiger partial charge < -0.3 is 15.4 Å². The number of nitrogens with one attached hydrogen (secondary N) is 3. The molecule has 0 saturated heterocycles. The third-order valence-electron chi connectivity index (χ3n) is 5.27. The van der Waals surface area contributed by atoms with Crippen molar-refractivity contribution in [1.82, 2.24) is 25.4 Å². The van der Waals surface area contributed by atoms with Crippen molar-refractivity contribution >= 4 is 24.0 Å². The number of methoxy groups -OCH3 is 1. The number of carbonyl (C=O) groups excluding carboxylic acids is 2. The number of benzene rings is 2. The van der Waals surface area contributed by atoms with E-state index in [9.17, 15) is 9.59 Å². The van der Waals surface area contributed by atoms with Gasteiger partial charge in [0, 0.05) is 18.0 Å². The Balaban J connectivity index is 1.49. The van der Waals surface area contributed by atoms with Crippen LogP contribution < -0.4 is 15.4 Å². The third-order valence-corrected chi connectivity index (χ3v) is 5.58. The molecule has 8 nitrogen and oxygen atoms in total. The Morgan fingerprint density at radius 3 is 2.56 bits per heavy atom. The maximum atomic E-state index is 12.9. The molecule has 3 aromatic rings. The van der Waals surface area contributed by atoms with E-state index in [0.717, 1.165) is 29.7 Å². The van der Waals surface area contributed by atoms with Crippen LogP contribution in [0.3, 0.4) is 0 Å². The first kappa shape index (κ1) is 21.8. The molecule has 1 heterocycles. The molecule has 1 aromatic heterocycles. The first-order valence-corrected chi connectivity index (χ1v) is 10.9. The van der Waals surface area contributed by atoms with Crippen LogP contribution in [0.2, 0.25) is 0 Å². The van der Waals surface area contributed by atoms with Gasteiger partial charge >= 0.3 is 0 Å². The summed E-state index contributed by atoms with van der Waals surface area (Å²) in [5, 5.41) is 12.9. The average molecular weight is 452 g/mol. The summed E-state index contributed by atoms with van der Waals surface area (Å²) in [6.07, 6.45) is 2.37. The fourth-order valence-corrected chi connectivity index (χ4v) is 3.59. The van der Waals surface area contributed by atoms with Gasteiger partial charge in [0.1, 0.15) is 18.3 Å². The van der Waals surface area contributed by atoms with Gasteiger partial charge in [0.15, 0.2) is 10.6 Å². The molecule has 2 aromatic carbocycles. The molecule has 0 bridgehead atoms.